The topological polar surface area (TPSA) is 50.4 Å². The smallest absolute Gasteiger partial charge is 0.258 e. The molecule has 1 amide bonds. The van der Waals surface area contributed by atoms with Crippen molar-refractivity contribution in [2.45, 2.75) is 42.9 Å². The monoisotopic (exact) mass is 402 g/mol. The van der Waals surface area contributed by atoms with Crippen molar-refractivity contribution >= 4 is 41.8 Å². The van der Waals surface area contributed by atoms with Crippen LogP contribution < -0.4 is 15.4 Å². The number of carbonyl (C=O) groups excluding carboxylic acids is 1. The lowest BCUT2D eigenvalue weighted by molar-refractivity contribution is -0.124. The summed E-state index contributed by atoms with van der Waals surface area (Å²) in [6.45, 7) is 3.23. The second-order valence-corrected chi connectivity index (χ2v) is 9.07. The molecule has 3 rings (SSSR count). The lowest BCUT2D eigenvalue weighted by Gasteiger charge is -2.30. The average molecular weight is 403 g/mol. The van der Waals surface area contributed by atoms with Gasteiger partial charge in [0.2, 0.25) is 0 Å². The Kier molecular flexibility index (Phi) is 8.76. The van der Waals surface area contributed by atoms with Gasteiger partial charge in [-0.05, 0) is 61.9 Å². The van der Waals surface area contributed by atoms with Gasteiger partial charge in [-0.3, -0.25) is 4.79 Å². The lowest BCUT2D eigenvalue weighted by atomic mass is 10.00. The Morgan fingerprint density at radius 2 is 1.96 bits per heavy atom. The van der Waals surface area contributed by atoms with E-state index in [4.69, 9.17) is 4.74 Å². The molecule has 0 radical (unpaired) electrons. The molecule has 1 aromatic carbocycles. The summed E-state index contributed by atoms with van der Waals surface area (Å²) in [5.41, 5.74) is 1.34. The van der Waals surface area contributed by atoms with Crippen molar-refractivity contribution in [3.63, 3.8) is 0 Å². The number of hydrogen-bond acceptors (Lipinski definition) is 5. The summed E-state index contributed by atoms with van der Waals surface area (Å²) in [5, 5.41) is 6.46. The van der Waals surface area contributed by atoms with Crippen LogP contribution in [0.15, 0.2) is 24.3 Å². The minimum Gasteiger partial charge on any atom is -0.484 e. The van der Waals surface area contributed by atoms with E-state index in [1.165, 1.54) is 23.5 Å². The van der Waals surface area contributed by atoms with E-state index in [1.54, 1.807) is 0 Å². The zero-order chi connectivity index (χ0) is 16.8. The van der Waals surface area contributed by atoms with Crippen LogP contribution in [-0.4, -0.2) is 42.6 Å². The molecule has 2 atom stereocenters. The van der Waals surface area contributed by atoms with E-state index >= 15 is 0 Å². The predicted molar refractivity (Wildman–Crippen MR) is 110 cm³/mol. The molecule has 1 aromatic rings. The maximum atomic E-state index is 12.1. The van der Waals surface area contributed by atoms with Crippen LogP contribution in [0.2, 0.25) is 0 Å². The van der Waals surface area contributed by atoms with Crippen LogP contribution in [0, 0.1) is 0 Å². The van der Waals surface area contributed by atoms with E-state index in [0.29, 0.717) is 10.6 Å². The van der Waals surface area contributed by atoms with Gasteiger partial charge in [-0.25, -0.2) is 0 Å². The van der Waals surface area contributed by atoms with Gasteiger partial charge < -0.3 is 15.4 Å². The first-order chi connectivity index (χ1) is 11.7. The van der Waals surface area contributed by atoms with Gasteiger partial charge in [0.05, 0.1) is 4.58 Å². The number of thioether (sulfide) groups is 2. The number of rotatable bonds is 5. The number of hydrogen-bond donors (Lipinski definition) is 2. The third-order valence-corrected chi connectivity index (χ3v) is 7.47. The number of benzene rings is 1. The van der Waals surface area contributed by atoms with Crippen molar-refractivity contribution in [3.8, 4) is 5.75 Å². The van der Waals surface area contributed by atoms with E-state index in [2.05, 4.69) is 29.7 Å². The summed E-state index contributed by atoms with van der Waals surface area (Å²) in [5.74, 6) is 3.20. The highest BCUT2D eigenvalue weighted by Gasteiger charge is 2.22. The second kappa shape index (κ2) is 10.6. The van der Waals surface area contributed by atoms with Crippen LogP contribution in [-0.2, 0) is 4.79 Å². The second-order valence-electron chi connectivity index (χ2n) is 6.34. The van der Waals surface area contributed by atoms with Gasteiger partial charge in [-0.1, -0.05) is 12.1 Å². The fraction of sp³-hybridized carbons (Fsp3) is 0.611. The number of ether oxygens (including phenoxy) is 1. The van der Waals surface area contributed by atoms with Crippen molar-refractivity contribution in [3.05, 3.63) is 29.8 Å². The van der Waals surface area contributed by atoms with Crippen LogP contribution >= 0.6 is 35.9 Å². The molecular weight excluding hydrogens is 376 g/mol. The molecule has 0 bridgehead atoms. The summed E-state index contributed by atoms with van der Waals surface area (Å²) < 4.78 is 6.18. The standard InChI is InChI=1S/C18H26N2O2S2.ClH/c1-13-16(4-2-9-19-13)20-17(21)12-22-15-7-5-14(6-8-15)18-23-10-3-11-24-18;/h5-8,13,16,18-19H,2-4,9-12H2,1H3,(H,20,21);1H. The quantitative estimate of drug-likeness (QED) is 0.787. The fourth-order valence-corrected chi connectivity index (χ4v) is 5.93. The first-order valence-electron chi connectivity index (χ1n) is 8.71. The highest BCUT2D eigenvalue weighted by Crippen LogP contribution is 2.43. The predicted octanol–water partition coefficient (Wildman–Crippen LogP) is 3.61. The summed E-state index contributed by atoms with van der Waals surface area (Å²) in [6.07, 6.45) is 3.44. The molecule has 0 saturated carbocycles. The Morgan fingerprint density at radius 1 is 1.24 bits per heavy atom. The molecule has 2 aliphatic rings. The van der Waals surface area contributed by atoms with Crippen LogP contribution in [0.4, 0.5) is 0 Å². The molecule has 2 N–H and O–H groups in total. The molecule has 2 saturated heterocycles. The normalized spacial score (nSPS) is 24.2. The molecular formula is C18H27ClN2O2S2. The van der Waals surface area contributed by atoms with E-state index < -0.39 is 0 Å². The van der Waals surface area contributed by atoms with E-state index in [0.717, 1.165) is 25.1 Å². The Labute approximate surface area is 165 Å². The molecule has 7 heteroatoms. The van der Waals surface area contributed by atoms with Crippen molar-refractivity contribution in [1.82, 2.24) is 10.6 Å². The van der Waals surface area contributed by atoms with Gasteiger partial charge in [0.15, 0.2) is 6.61 Å². The van der Waals surface area contributed by atoms with E-state index in [1.807, 2.05) is 35.7 Å². The average Bonchev–Trinajstić information content (AvgIpc) is 2.63. The van der Waals surface area contributed by atoms with Gasteiger partial charge in [-0.2, -0.15) is 0 Å². The highest BCUT2D eigenvalue weighted by molar-refractivity contribution is 8.16. The van der Waals surface area contributed by atoms with Crippen LogP contribution in [0.25, 0.3) is 0 Å². The van der Waals surface area contributed by atoms with E-state index in [9.17, 15) is 4.79 Å². The Balaban J connectivity index is 0.00000225. The molecule has 25 heavy (non-hydrogen) atoms. The van der Waals surface area contributed by atoms with Crippen molar-refractivity contribution in [2.75, 3.05) is 24.7 Å². The highest BCUT2D eigenvalue weighted by atomic mass is 35.5. The Hall–Kier alpha value is -0.560. The SMILES string of the molecule is CC1NCCCC1NC(=O)COc1ccc(C2SCCCS2)cc1.Cl. The number of halogens is 1. The molecule has 2 heterocycles. The third kappa shape index (κ3) is 6.27. The molecule has 4 nitrogen and oxygen atoms in total. The molecule has 0 spiro atoms. The van der Waals surface area contributed by atoms with Crippen molar-refractivity contribution in [1.29, 1.82) is 0 Å². The molecule has 140 valence electrons. The van der Waals surface area contributed by atoms with Gasteiger partial charge in [0, 0.05) is 12.1 Å². The van der Waals surface area contributed by atoms with Crippen molar-refractivity contribution < 1.29 is 9.53 Å². The van der Waals surface area contributed by atoms with Gasteiger partial charge >= 0.3 is 0 Å². The van der Waals surface area contributed by atoms with Crippen LogP contribution in [0.3, 0.4) is 0 Å². The first kappa shape index (κ1) is 20.7. The maximum absolute atomic E-state index is 12.1. The van der Waals surface area contributed by atoms with Crippen LogP contribution in [0.1, 0.15) is 36.3 Å². The van der Waals surface area contributed by atoms with Gasteiger partial charge in [-0.15, -0.1) is 35.9 Å². The Morgan fingerprint density at radius 3 is 2.64 bits per heavy atom. The van der Waals surface area contributed by atoms with Gasteiger partial charge in [0.1, 0.15) is 5.75 Å². The Bertz CT molecular complexity index is 538. The number of piperidine rings is 1. The minimum atomic E-state index is -0.0435. The number of carbonyl (C=O) groups is 1. The minimum absolute atomic E-state index is 0. The fourth-order valence-electron chi connectivity index (χ4n) is 3.04. The number of amides is 1. The molecule has 2 unspecified atom stereocenters. The third-order valence-electron chi connectivity index (χ3n) is 4.46. The summed E-state index contributed by atoms with van der Waals surface area (Å²) in [6, 6.07) is 8.73. The van der Waals surface area contributed by atoms with Crippen LogP contribution in [0.5, 0.6) is 5.75 Å². The molecule has 2 aliphatic heterocycles. The van der Waals surface area contributed by atoms with Crippen molar-refractivity contribution in [2.24, 2.45) is 0 Å². The summed E-state index contributed by atoms with van der Waals surface area (Å²) >= 11 is 4.02. The number of nitrogens with one attached hydrogen (secondary N) is 2. The maximum Gasteiger partial charge on any atom is 0.258 e. The largest absolute Gasteiger partial charge is 0.484 e. The first-order valence-corrected chi connectivity index (χ1v) is 10.8. The zero-order valence-corrected chi connectivity index (χ0v) is 17.0. The molecule has 0 aromatic heterocycles. The summed E-state index contributed by atoms with van der Waals surface area (Å²) in [4.78, 5) is 12.1. The van der Waals surface area contributed by atoms with E-state index in [-0.39, 0.29) is 31.0 Å². The molecule has 2 fully saturated rings. The zero-order valence-electron chi connectivity index (χ0n) is 14.5. The molecule has 0 aliphatic carbocycles. The summed E-state index contributed by atoms with van der Waals surface area (Å²) in [7, 11) is 0. The lowest BCUT2D eigenvalue weighted by Crippen LogP contribution is -2.52. The van der Waals surface area contributed by atoms with Gasteiger partial charge in [0.25, 0.3) is 5.91 Å².